The first-order valence-corrected chi connectivity index (χ1v) is 5.93. The smallest absolute Gasteiger partial charge is 0.409 e. The minimum atomic E-state index is -0.180. The van der Waals surface area contributed by atoms with Gasteiger partial charge in [0, 0.05) is 25.7 Å². The van der Waals surface area contributed by atoms with Gasteiger partial charge in [0.15, 0.2) is 0 Å². The summed E-state index contributed by atoms with van der Waals surface area (Å²) in [5.41, 5.74) is 1.15. The van der Waals surface area contributed by atoms with Crippen molar-refractivity contribution in [1.29, 1.82) is 0 Å². The van der Waals surface area contributed by atoms with Crippen LogP contribution in [0.3, 0.4) is 0 Å². The number of carbonyl (C=O) groups excluding carboxylic acids is 1. The third-order valence-corrected chi connectivity index (χ3v) is 2.71. The van der Waals surface area contributed by atoms with Crippen molar-refractivity contribution < 1.29 is 9.53 Å². The lowest BCUT2D eigenvalue weighted by Gasteiger charge is -2.31. The molecule has 1 rings (SSSR count). The highest BCUT2D eigenvalue weighted by atomic mass is 16.6. The highest BCUT2D eigenvalue weighted by Crippen LogP contribution is 2.11. The van der Waals surface area contributed by atoms with Gasteiger partial charge in [-0.3, -0.25) is 0 Å². The van der Waals surface area contributed by atoms with Crippen molar-refractivity contribution in [2.24, 2.45) is 0 Å². The van der Waals surface area contributed by atoms with E-state index >= 15 is 0 Å². The third-order valence-electron chi connectivity index (χ3n) is 2.71. The second-order valence-electron chi connectivity index (χ2n) is 4.30. The summed E-state index contributed by atoms with van der Waals surface area (Å²) >= 11 is 0. The fraction of sp³-hybridized carbons (Fsp3) is 0.750. The van der Waals surface area contributed by atoms with E-state index in [0.717, 1.165) is 38.0 Å². The molecular weight excluding hydrogens is 204 g/mol. The minimum Gasteiger partial charge on any atom is -0.450 e. The highest BCUT2D eigenvalue weighted by Gasteiger charge is 2.22. The summed E-state index contributed by atoms with van der Waals surface area (Å²) in [5.74, 6) is 0. The summed E-state index contributed by atoms with van der Waals surface area (Å²) in [5, 5.41) is 3.43. The molecule has 0 saturated carbocycles. The molecule has 16 heavy (non-hydrogen) atoms. The molecule has 0 spiro atoms. The maximum Gasteiger partial charge on any atom is 0.409 e. The van der Waals surface area contributed by atoms with E-state index in [9.17, 15) is 4.79 Å². The fourth-order valence-corrected chi connectivity index (χ4v) is 1.80. The van der Waals surface area contributed by atoms with Gasteiger partial charge >= 0.3 is 6.09 Å². The van der Waals surface area contributed by atoms with Crippen molar-refractivity contribution in [3.63, 3.8) is 0 Å². The molecule has 0 unspecified atom stereocenters. The molecule has 1 N–H and O–H groups in total. The number of carbonyl (C=O) groups is 1. The van der Waals surface area contributed by atoms with E-state index in [1.54, 1.807) is 4.90 Å². The van der Waals surface area contributed by atoms with Crippen LogP contribution in [0, 0.1) is 0 Å². The molecule has 0 aromatic rings. The van der Waals surface area contributed by atoms with Gasteiger partial charge < -0.3 is 15.0 Å². The van der Waals surface area contributed by atoms with Gasteiger partial charge in [0.05, 0.1) is 6.61 Å². The Balaban J connectivity index is 2.23. The van der Waals surface area contributed by atoms with E-state index in [-0.39, 0.29) is 6.09 Å². The summed E-state index contributed by atoms with van der Waals surface area (Å²) in [6.07, 6.45) is 1.80. The quantitative estimate of drug-likeness (QED) is 0.743. The van der Waals surface area contributed by atoms with Gasteiger partial charge in [0.1, 0.15) is 0 Å². The number of hydrogen-bond donors (Lipinski definition) is 1. The number of hydrogen-bond acceptors (Lipinski definition) is 3. The van der Waals surface area contributed by atoms with Crippen LogP contribution in [0.25, 0.3) is 0 Å². The molecule has 0 aliphatic carbocycles. The van der Waals surface area contributed by atoms with E-state index in [1.807, 2.05) is 13.8 Å². The number of piperidine rings is 1. The summed E-state index contributed by atoms with van der Waals surface area (Å²) in [7, 11) is 0. The van der Waals surface area contributed by atoms with Crippen LogP contribution in [0.15, 0.2) is 12.2 Å². The minimum absolute atomic E-state index is 0.180. The Hall–Kier alpha value is -1.03. The number of nitrogens with one attached hydrogen (secondary N) is 1. The van der Waals surface area contributed by atoms with E-state index in [1.165, 1.54) is 0 Å². The zero-order valence-electron chi connectivity index (χ0n) is 10.3. The Morgan fingerprint density at radius 2 is 2.12 bits per heavy atom. The lowest BCUT2D eigenvalue weighted by molar-refractivity contribution is 0.0953. The van der Waals surface area contributed by atoms with Gasteiger partial charge in [-0.25, -0.2) is 4.79 Å². The molecule has 0 atom stereocenters. The molecule has 1 saturated heterocycles. The first-order chi connectivity index (χ1) is 7.63. The van der Waals surface area contributed by atoms with Gasteiger partial charge in [-0.05, 0) is 26.7 Å². The monoisotopic (exact) mass is 226 g/mol. The molecule has 0 radical (unpaired) electrons. The van der Waals surface area contributed by atoms with Gasteiger partial charge in [-0.1, -0.05) is 12.2 Å². The Morgan fingerprint density at radius 3 is 2.62 bits per heavy atom. The van der Waals surface area contributed by atoms with E-state index in [2.05, 4.69) is 11.9 Å². The molecule has 1 amide bonds. The molecular formula is C12H22N2O2. The predicted octanol–water partition coefficient (Wildman–Crippen LogP) is 1.77. The van der Waals surface area contributed by atoms with Crippen molar-refractivity contribution in [2.45, 2.75) is 32.7 Å². The van der Waals surface area contributed by atoms with Crippen molar-refractivity contribution in [2.75, 3.05) is 26.2 Å². The summed E-state index contributed by atoms with van der Waals surface area (Å²) in [6.45, 7) is 10.6. The molecule has 0 bridgehead atoms. The van der Waals surface area contributed by atoms with Crippen molar-refractivity contribution in [3.8, 4) is 0 Å². The molecule has 1 heterocycles. The second-order valence-corrected chi connectivity index (χ2v) is 4.30. The van der Waals surface area contributed by atoms with Crippen LogP contribution in [0.4, 0.5) is 4.79 Å². The zero-order chi connectivity index (χ0) is 12.0. The van der Waals surface area contributed by atoms with Crippen molar-refractivity contribution in [3.05, 3.63) is 12.2 Å². The Labute approximate surface area is 97.6 Å². The summed E-state index contributed by atoms with van der Waals surface area (Å²) < 4.78 is 4.97. The van der Waals surface area contributed by atoms with Gasteiger partial charge in [0.2, 0.25) is 0 Å². The normalized spacial score (nSPS) is 17.2. The Bertz CT molecular complexity index is 245. The fourth-order valence-electron chi connectivity index (χ4n) is 1.80. The van der Waals surface area contributed by atoms with Crippen molar-refractivity contribution >= 4 is 6.09 Å². The van der Waals surface area contributed by atoms with Crippen LogP contribution in [-0.2, 0) is 4.74 Å². The lowest BCUT2D eigenvalue weighted by atomic mass is 10.1. The molecule has 92 valence electrons. The van der Waals surface area contributed by atoms with Crippen LogP contribution < -0.4 is 5.32 Å². The largest absolute Gasteiger partial charge is 0.450 e. The van der Waals surface area contributed by atoms with Crippen LogP contribution in [0.2, 0.25) is 0 Å². The first kappa shape index (κ1) is 13.0. The molecule has 1 aliphatic rings. The number of nitrogens with zero attached hydrogens (tertiary/aromatic N) is 1. The van der Waals surface area contributed by atoms with E-state index in [0.29, 0.717) is 12.6 Å². The molecule has 1 fully saturated rings. The zero-order valence-corrected chi connectivity index (χ0v) is 10.3. The van der Waals surface area contributed by atoms with E-state index < -0.39 is 0 Å². The number of ether oxygens (including phenoxy) is 1. The Kier molecular flexibility index (Phi) is 5.32. The van der Waals surface area contributed by atoms with Gasteiger partial charge in [-0.2, -0.15) is 0 Å². The van der Waals surface area contributed by atoms with Gasteiger partial charge in [-0.15, -0.1) is 0 Å². The molecule has 0 aromatic heterocycles. The summed E-state index contributed by atoms with van der Waals surface area (Å²) in [4.78, 5) is 13.2. The Morgan fingerprint density at radius 1 is 1.50 bits per heavy atom. The van der Waals surface area contributed by atoms with Crippen molar-refractivity contribution in [1.82, 2.24) is 10.2 Å². The number of amides is 1. The number of rotatable bonds is 4. The average molecular weight is 226 g/mol. The van der Waals surface area contributed by atoms with E-state index in [4.69, 9.17) is 4.74 Å². The van der Waals surface area contributed by atoms with Gasteiger partial charge in [0.25, 0.3) is 0 Å². The highest BCUT2D eigenvalue weighted by molar-refractivity contribution is 5.67. The SMILES string of the molecule is C=C(C)CNC1CCN(C(=O)OCC)CC1. The maximum atomic E-state index is 11.4. The topological polar surface area (TPSA) is 41.6 Å². The number of likely N-dealkylation sites (tertiary alicyclic amines) is 1. The molecule has 4 heteroatoms. The first-order valence-electron chi connectivity index (χ1n) is 5.93. The van der Waals surface area contributed by atoms with Crippen LogP contribution in [-0.4, -0.2) is 43.3 Å². The average Bonchev–Trinajstić information content (AvgIpc) is 2.27. The lowest BCUT2D eigenvalue weighted by Crippen LogP contribution is -2.45. The predicted molar refractivity (Wildman–Crippen MR) is 64.4 cm³/mol. The molecule has 0 aromatic carbocycles. The molecule has 1 aliphatic heterocycles. The van der Waals surface area contributed by atoms with Crippen LogP contribution in [0.5, 0.6) is 0 Å². The van der Waals surface area contributed by atoms with Crippen LogP contribution >= 0.6 is 0 Å². The molecule has 4 nitrogen and oxygen atoms in total. The van der Waals surface area contributed by atoms with Crippen LogP contribution in [0.1, 0.15) is 26.7 Å². The summed E-state index contributed by atoms with van der Waals surface area (Å²) in [6, 6.07) is 0.502. The standard InChI is InChI=1S/C12H22N2O2/c1-4-16-12(15)14-7-5-11(6-8-14)13-9-10(2)3/h11,13H,2,4-9H2,1,3H3. The third kappa shape index (κ3) is 4.23. The second kappa shape index (κ2) is 6.53. The maximum absolute atomic E-state index is 11.4.